The molecule has 0 bridgehead atoms. The molecule has 0 spiro atoms. The fraction of sp³-hybridized carbons (Fsp3) is 0. The standard InChI is InChI=1S/C10H6Cl3N3OS/c11-5-1-6(12)9(7(13)2-5)15-16-10(17)8-3-14-4-18-8/h1-4,15H,(H,16,17). The van der Waals surface area contributed by atoms with E-state index in [1.165, 1.54) is 29.7 Å². The minimum absolute atomic E-state index is 0.317. The SMILES string of the molecule is O=C(NNc1c(Cl)cc(Cl)cc1Cl)c1cncs1. The van der Waals surface area contributed by atoms with Gasteiger partial charge >= 0.3 is 0 Å². The van der Waals surface area contributed by atoms with Crippen LogP contribution in [0.4, 0.5) is 5.69 Å². The van der Waals surface area contributed by atoms with Gasteiger partial charge in [-0.15, -0.1) is 11.3 Å². The van der Waals surface area contributed by atoms with Crippen molar-refractivity contribution >= 4 is 57.7 Å². The van der Waals surface area contributed by atoms with Crippen molar-refractivity contribution in [3.05, 3.63) is 43.8 Å². The monoisotopic (exact) mass is 321 g/mol. The van der Waals surface area contributed by atoms with Crippen molar-refractivity contribution in [2.24, 2.45) is 0 Å². The van der Waals surface area contributed by atoms with Crippen LogP contribution >= 0.6 is 46.1 Å². The molecule has 2 N–H and O–H groups in total. The third-order valence-corrected chi connectivity index (χ3v) is 3.55. The molecule has 0 aliphatic carbocycles. The van der Waals surface area contributed by atoms with Crippen molar-refractivity contribution in [3.8, 4) is 0 Å². The maximum atomic E-state index is 11.7. The van der Waals surface area contributed by atoms with Gasteiger partial charge in [0.15, 0.2) is 0 Å². The molecule has 18 heavy (non-hydrogen) atoms. The topological polar surface area (TPSA) is 54.0 Å². The Labute approximate surface area is 122 Å². The Balaban J connectivity index is 2.09. The van der Waals surface area contributed by atoms with Crippen LogP contribution in [0.15, 0.2) is 23.8 Å². The summed E-state index contributed by atoms with van der Waals surface area (Å²) in [5.41, 5.74) is 7.08. The summed E-state index contributed by atoms with van der Waals surface area (Å²) in [6, 6.07) is 3.05. The molecule has 0 unspecified atom stereocenters. The Hall–Kier alpha value is -1.01. The molecular weight excluding hydrogens is 317 g/mol. The Kier molecular flexibility index (Phi) is 4.29. The highest BCUT2D eigenvalue weighted by molar-refractivity contribution is 7.11. The van der Waals surface area contributed by atoms with Crippen LogP contribution in [-0.4, -0.2) is 10.9 Å². The number of nitrogens with zero attached hydrogens (tertiary/aromatic N) is 1. The molecule has 0 radical (unpaired) electrons. The van der Waals surface area contributed by atoms with E-state index in [1.807, 2.05) is 0 Å². The largest absolute Gasteiger partial charge is 0.295 e. The molecule has 2 rings (SSSR count). The van der Waals surface area contributed by atoms with Gasteiger partial charge in [0, 0.05) is 5.02 Å². The number of aromatic nitrogens is 1. The van der Waals surface area contributed by atoms with E-state index < -0.39 is 0 Å². The number of nitrogens with one attached hydrogen (secondary N) is 2. The van der Waals surface area contributed by atoms with Gasteiger partial charge < -0.3 is 0 Å². The minimum Gasteiger partial charge on any atom is -0.295 e. The number of hydrogen-bond donors (Lipinski definition) is 2. The lowest BCUT2D eigenvalue weighted by atomic mass is 10.3. The molecule has 1 aromatic heterocycles. The van der Waals surface area contributed by atoms with Crippen LogP contribution in [0.3, 0.4) is 0 Å². The Morgan fingerprint density at radius 3 is 2.44 bits per heavy atom. The van der Waals surface area contributed by atoms with Crippen LogP contribution in [0, 0.1) is 0 Å². The number of carbonyl (C=O) groups is 1. The average Bonchev–Trinajstić information content (AvgIpc) is 2.80. The van der Waals surface area contributed by atoms with E-state index in [9.17, 15) is 4.79 Å². The second-order valence-corrected chi connectivity index (χ2v) is 5.33. The highest BCUT2D eigenvalue weighted by Crippen LogP contribution is 2.33. The van der Waals surface area contributed by atoms with Crippen molar-refractivity contribution in [1.29, 1.82) is 0 Å². The van der Waals surface area contributed by atoms with Crippen molar-refractivity contribution in [1.82, 2.24) is 10.4 Å². The summed E-state index contributed by atoms with van der Waals surface area (Å²) >= 11 is 18.9. The molecule has 0 saturated carbocycles. The number of anilines is 1. The Morgan fingerprint density at radius 1 is 1.22 bits per heavy atom. The molecule has 0 atom stereocenters. The molecule has 1 amide bonds. The zero-order chi connectivity index (χ0) is 13.1. The van der Waals surface area contributed by atoms with E-state index in [0.29, 0.717) is 25.6 Å². The first-order chi connectivity index (χ1) is 8.58. The number of benzene rings is 1. The molecule has 94 valence electrons. The number of rotatable bonds is 3. The van der Waals surface area contributed by atoms with Gasteiger partial charge in [0.2, 0.25) is 0 Å². The van der Waals surface area contributed by atoms with E-state index in [1.54, 1.807) is 5.51 Å². The predicted octanol–water partition coefficient (Wildman–Crippen LogP) is 3.86. The first-order valence-corrected chi connectivity index (χ1v) is 6.68. The van der Waals surface area contributed by atoms with Gasteiger partial charge in [0.1, 0.15) is 4.88 Å². The van der Waals surface area contributed by atoms with Gasteiger partial charge in [0.25, 0.3) is 5.91 Å². The van der Waals surface area contributed by atoms with Crippen molar-refractivity contribution < 1.29 is 4.79 Å². The predicted molar refractivity (Wildman–Crippen MR) is 74.7 cm³/mol. The lowest BCUT2D eigenvalue weighted by Crippen LogP contribution is -2.29. The molecule has 0 aliphatic rings. The summed E-state index contributed by atoms with van der Waals surface area (Å²) in [5, 5.41) is 1.05. The van der Waals surface area contributed by atoms with Gasteiger partial charge in [-0.2, -0.15) is 0 Å². The van der Waals surface area contributed by atoms with Crippen molar-refractivity contribution in [3.63, 3.8) is 0 Å². The lowest BCUT2D eigenvalue weighted by molar-refractivity contribution is 0.0966. The second kappa shape index (κ2) is 5.75. The fourth-order valence-corrected chi connectivity index (χ4v) is 2.60. The molecule has 0 aliphatic heterocycles. The molecule has 0 fully saturated rings. The summed E-state index contributed by atoms with van der Waals surface area (Å²) in [4.78, 5) is 15.9. The number of hydrogen-bond acceptors (Lipinski definition) is 4. The quantitative estimate of drug-likeness (QED) is 0.844. The van der Waals surface area contributed by atoms with Crippen molar-refractivity contribution in [2.75, 3.05) is 5.43 Å². The van der Waals surface area contributed by atoms with Gasteiger partial charge in [-0.3, -0.25) is 20.6 Å². The molecule has 0 saturated heterocycles. The summed E-state index contributed by atoms with van der Waals surface area (Å²) < 4.78 is 0. The highest BCUT2D eigenvalue weighted by atomic mass is 35.5. The first kappa shape index (κ1) is 13.4. The van der Waals surface area contributed by atoms with Crippen LogP contribution in [-0.2, 0) is 0 Å². The third kappa shape index (κ3) is 3.05. The van der Waals surface area contributed by atoms with Crippen molar-refractivity contribution in [2.45, 2.75) is 0 Å². The van der Waals surface area contributed by atoms with Gasteiger partial charge in [-0.05, 0) is 12.1 Å². The van der Waals surface area contributed by atoms with E-state index >= 15 is 0 Å². The zero-order valence-electron chi connectivity index (χ0n) is 8.71. The number of hydrazine groups is 1. The van der Waals surface area contributed by atoms with Gasteiger partial charge in [-0.1, -0.05) is 34.8 Å². The van der Waals surface area contributed by atoms with E-state index in [-0.39, 0.29) is 5.91 Å². The number of carbonyl (C=O) groups excluding carboxylic acids is 1. The molecular formula is C10H6Cl3N3OS. The Bertz CT molecular complexity index is 551. The number of halogens is 3. The van der Waals surface area contributed by atoms with Crippen LogP contribution in [0.5, 0.6) is 0 Å². The van der Waals surface area contributed by atoms with Crippen LogP contribution < -0.4 is 10.9 Å². The second-order valence-electron chi connectivity index (χ2n) is 3.19. The molecule has 4 nitrogen and oxygen atoms in total. The van der Waals surface area contributed by atoms with Crippen LogP contribution in [0.1, 0.15) is 9.67 Å². The molecule has 1 aromatic carbocycles. The smallest absolute Gasteiger partial charge is 0.281 e. The first-order valence-electron chi connectivity index (χ1n) is 4.67. The summed E-state index contributed by atoms with van der Waals surface area (Å²) in [6.07, 6.45) is 1.47. The van der Waals surface area contributed by atoms with Gasteiger partial charge in [-0.25, -0.2) is 0 Å². The van der Waals surface area contributed by atoms with E-state index in [0.717, 1.165) is 0 Å². The normalized spacial score (nSPS) is 10.2. The lowest BCUT2D eigenvalue weighted by Gasteiger charge is -2.11. The van der Waals surface area contributed by atoms with Crippen LogP contribution in [0.25, 0.3) is 0 Å². The fourth-order valence-electron chi connectivity index (χ4n) is 1.17. The molecule has 8 heteroatoms. The van der Waals surface area contributed by atoms with Gasteiger partial charge in [0.05, 0.1) is 27.4 Å². The summed E-state index contributed by atoms with van der Waals surface area (Å²) in [5.74, 6) is -0.320. The molecule has 1 heterocycles. The molecule has 2 aromatic rings. The average molecular weight is 323 g/mol. The highest BCUT2D eigenvalue weighted by Gasteiger charge is 2.10. The summed E-state index contributed by atoms with van der Waals surface area (Å²) in [7, 11) is 0. The maximum Gasteiger partial charge on any atom is 0.281 e. The maximum absolute atomic E-state index is 11.7. The van der Waals surface area contributed by atoms with Crippen LogP contribution in [0.2, 0.25) is 15.1 Å². The summed E-state index contributed by atoms with van der Waals surface area (Å²) in [6.45, 7) is 0. The van der Waals surface area contributed by atoms with E-state index in [2.05, 4.69) is 15.8 Å². The Morgan fingerprint density at radius 2 is 1.89 bits per heavy atom. The zero-order valence-corrected chi connectivity index (χ0v) is 11.8. The minimum atomic E-state index is -0.320. The third-order valence-electron chi connectivity index (χ3n) is 1.96. The number of thiazole rings is 1. The number of amides is 1. The van der Waals surface area contributed by atoms with E-state index in [4.69, 9.17) is 34.8 Å².